The van der Waals surface area contributed by atoms with E-state index in [1.54, 1.807) is 30.3 Å². The third kappa shape index (κ3) is 2.82. The van der Waals surface area contributed by atoms with Crippen LogP contribution in [0.15, 0.2) is 53.1 Å². The Bertz CT molecular complexity index is 948. The summed E-state index contributed by atoms with van der Waals surface area (Å²) in [6.07, 6.45) is 6.07. The first kappa shape index (κ1) is 15.6. The van der Waals surface area contributed by atoms with Gasteiger partial charge in [-0.15, -0.1) is 0 Å². The van der Waals surface area contributed by atoms with Gasteiger partial charge in [-0.3, -0.25) is 4.79 Å². The van der Waals surface area contributed by atoms with Crippen LogP contribution in [0.25, 0.3) is 10.9 Å². The molecule has 0 amide bonds. The van der Waals surface area contributed by atoms with E-state index in [0.717, 1.165) is 12.0 Å². The number of rotatable bonds is 4. The quantitative estimate of drug-likeness (QED) is 0.934. The van der Waals surface area contributed by atoms with E-state index in [-0.39, 0.29) is 6.42 Å². The first-order chi connectivity index (χ1) is 10.9. The number of nitrogens with zero attached hydrogens (tertiary/aromatic N) is 1. The molecule has 1 aromatic heterocycles. The summed E-state index contributed by atoms with van der Waals surface area (Å²) in [5, 5.41) is 9.64. The smallest absolute Gasteiger partial charge is 0.307 e. The second-order valence-corrected chi connectivity index (χ2v) is 7.55. The van der Waals surface area contributed by atoms with Gasteiger partial charge in [0, 0.05) is 11.6 Å². The van der Waals surface area contributed by atoms with E-state index in [4.69, 9.17) is 5.11 Å². The molecule has 0 radical (unpaired) electrons. The Hall–Kier alpha value is -2.34. The molecular weight excluding hydrogens is 314 g/mol. The minimum Gasteiger partial charge on any atom is -0.481 e. The van der Waals surface area contributed by atoms with Crippen molar-refractivity contribution in [2.24, 2.45) is 0 Å². The Labute approximate surface area is 134 Å². The van der Waals surface area contributed by atoms with Crippen LogP contribution in [0, 0.1) is 0 Å². The fourth-order valence-corrected chi connectivity index (χ4v) is 4.29. The van der Waals surface area contributed by atoms with Crippen molar-refractivity contribution in [1.82, 2.24) is 3.97 Å². The maximum atomic E-state index is 12.9. The van der Waals surface area contributed by atoms with Gasteiger partial charge in [-0.1, -0.05) is 23.8 Å². The SMILES string of the molecule is CC1=CC=C(S(=O)(=O)n2ccc3c(CC(=O)O)cccc32)CC1. The van der Waals surface area contributed by atoms with Crippen molar-refractivity contribution >= 4 is 26.9 Å². The number of hydrogen-bond acceptors (Lipinski definition) is 3. The van der Waals surface area contributed by atoms with Crippen LogP contribution in [0.4, 0.5) is 0 Å². The van der Waals surface area contributed by atoms with Crippen molar-refractivity contribution in [2.45, 2.75) is 26.2 Å². The van der Waals surface area contributed by atoms with Gasteiger partial charge in [0.15, 0.2) is 0 Å². The molecule has 1 N–H and O–H groups in total. The summed E-state index contributed by atoms with van der Waals surface area (Å²) in [5.41, 5.74) is 2.28. The predicted molar refractivity (Wildman–Crippen MR) is 88.7 cm³/mol. The molecule has 0 saturated heterocycles. The average Bonchev–Trinajstić information content (AvgIpc) is 2.93. The molecule has 0 unspecified atom stereocenters. The van der Waals surface area contributed by atoms with Crippen molar-refractivity contribution in [2.75, 3.05) is 0 Å². The lowest BCUT2D eigenvalue weighted by atomic mass is 10.1. The number of benzene rings is 1. The van der Waals surface area contributed by atoms with Crippen LogP contribution in [0.5, 0.6) is 0 Å². The number of aromatic nitrogens is 1. The lowest BCUT2D eigenvalue weighted by Crippen LogP contribution is -2.15. The van der Waals surface area contributed by atoms with Crippen LogP contribution in [0.3, 0.4) is 0 Å². The molecule has 1 aliphatic rings. The fourth-order valence-electron chi connectivity index (χ4n) is 2.80. The molecule has 5 nitrogen and oxygen atoms in total. The molecule has 0 spiro atoms. The van der Waals surface area contributed by atoms with E-state index in [1.165, 1.54) is 10.2 Å². The maximum Gasteiger partial charge on any atom is 0.307 e. The summed E-state index contributed by atoms with van der Waals surface area (Å²) < 4.78 is 26.9. The van der Waals surface area contributed by atoms with Crippen LogP contribution >= 0.6 is 0 Å². The molecule has 2 aromatic rings. The molecule has 1 aromatic carbocycles. The second-order valence-electron chi connectivity index (χ2n) is 5.68. The summed E-state index contributed by atoms with van der Waals surface area (Å²) in [6, 6.07) is 6.75. The molecular formula is C17H17NO4S. The van der Waals surface area contributed by atoms with Crippen LogP contribution in [0.1, 0.15) is 25.3 Å². The standard InChI is InChI=1S/C17H17NO4S/c1-12-5-7-14(8-6-12)23(21,22)18-10-9-15-13(11-17(19)20)3-2-4-16(15)18/h2-5,7,9-10H,6,8,11H2,1H3,(H,19,20). The summed E-state index contributed by atoms with van der Waals surface area (Å²) in [7, 11) is -3.63. The number of allylic oxidation sites excluding steroid dienone is 4. The monoisotopic (exact) mass is 331 g/mol. The van der Waals surface area contributed by atoms with Crippen molar-refractivity contribution < 1.29 is 18.3 Å². The minimum atomic E-state index is -3.63. The highest BCUT2D eigenvalue weighted by Gasteiger charge is 2.23. The lowest BCUT2D eigenvalue weighted by molar-refractivity contribution is -0.136. The first-order valence-electron chi connectivity index (χ1n) is 7.32. The zero-order valence-corrected chi connectivity index (χ0v) is 13.5. The fraction of sp³-hybridized carbons (Fsp3) is 0.235. The summed E-state index contributed by atoms with van der Waals surface area (Å²) in [5.74, 6) is -0.941. The van der Waals surface area contributed by atoms with Gasteiger partial charge in [0.25, 0.3) is 10.0 Å². The highest BCUT2D eigenvalue weighted by atomic mass is 32.2. The highest BCUT2D eigenvalue weighted by molar-refractivity contribution is 7.94. The van der Waals surface area contributed by atoms with Gasteiger partial charge in [0.05, 0.1) is 16.8 Å². The third-order valence-corrected chi connectivity index (χ3v) is 5.88. The van der Waals surface area contributed by atoms with E-state index in [1.807, 2.05) is 13.0 Å². The number of aliphatic carboxylic acids is 1. The molecule has 1 aliphatic carbocycles. The Morgan fingerprint density at radius 3 is 2.65 bits per heavy atom. The van der Waals surface area contributed by atoms with Gasteiger partial charge in [-0.05, 0) is 43.5 Å². The largest absolute Gasteiger partial charge is 0.481 e. The molecule has 0 fully saturated rings. The van der Waals surface area contributed by atoms with E-state index in [2.05, 4.69) is 0 Å². The second kappa shape index (κ2) is 5.70. The summed E-state index contributed by atoms with van der Waals surface area (Å²) in [6.45, 7) is 1.98. The molecule has 23 heavy (non-hydrogen) atoms. The number of carboxylic acids is 1. The normalized spacial score (nSPS) is 15.3. The zero-order chi connectivity index (χ0) is 16.6. The number of fused-ring (bicyclic) bond motifs is 1. The molecule has 1 heterocycles. The Morgan fingerprint density at radius 1 is 1.22 bits per heavy atom. The number of carboxylic acid groups (broad SMARTS) is 1. The molecule has 0 aliphatic heterocycles. The van der Waals surface area contributed by atoms with Gasteiger partial charge in [0.2, 0.25) is 0 Å². The first-order valence-corrected chi connectivity index (χ1v) is 8.76. The molecule has 0 atom stereocenters. The van der Waals surface area contributed by atoms with E-state index in [9.17, 15) is 13.2 Å². The summed E-state index contributed by atoms with van der Waals surface area (Å²) in [4.78, 5) is 11.3. The lowest BCUT2D eigenvalue weighted by Gasteiger charge is -2.14. The van der Waals surface area contributed by atoms with Gasteiger partial charge < -0.3 is 5.11 Å². The van der Waals surface area contributed by atoms with Crippen molar-refractivity contribution in [1.29, 1.82) is 0 Å². The van der Waals surface area contributed by atoms with E-state index < -0.39 is 16.0 Å². The Kier molecular flexibility index (Phi) is 3.85. The Morgan fingerprint density at radius 2 is 2.00 bits per heavy atom. The van der Waals surface area contributed by atoms with E-state index in [0.29, 0.717) is 27.8 Å². The molecule has 0 saturated carbocycles. The number of hydrogen-bond donors (Lipinski definition) is 1. The van der Waals surface area contributed by atoms with Gasteiger partial charge in [-0.25, -0.2) is 12.4 Å². The maximum absolute atomic E-state index is 12.9. The van der Waals surface area contributed by atoms with Crippen LogP contribution in [-0.4, -0.2) is 23.5 Å². The van der Waals surface area contributed by atoms with Crippen LogP contribution in [0.2, 0.25) is 0 Å². The van der Waals surface area contributed by atoms with Crippen molar-refractivity contribution in [3.05, 3.63) is 58.7 Å². The van der Waals surface area contributed by atoms with Crippen LogP contribution in [-0.2, 0) is 21.2 Å². The molecule has 6 heteroatoms. The van der Waals surface area contributed by atoms with E-state index >= 15 is 0 Å². The van der Waals surface area contributed by atoms with Crippen molar-refractivity contribution in [3.63, 3.8) is 0 Å². The van der Waals surface area contributed by atoms with Gasteiger partial charge in [-0.2, -0.15) is 0 Å². The average molecular weight is 331 g/mol. The topological polar surface area (TPSA) is 76.4 Å². The zero-order valence-electron chi connectivity index (χ0n) is 12.7. The number of carbonyl (C=O) groups is 1. The molecule has 0 bridgehead atoms. The highest BCUT2D eigenvalue weighted by Crippen LogP contribution is 2.28. The van der Waals surface area contributed by atoms with Crippen molar-refractivity contribution in [3.8, 4) is 0 Å². The summed E-state index contributed by atoms with van der Waals surface area (Å²) >= 11 is 0. The molecule has 3 rings (SSSR count). The molecule has 120 valence electrons. The van der Waals surface area contributed by atoms with Gasteiger partial charge >= 0.3 is 5.97 Å². The Balaban J connectivity index is 2.12. The van der Waals surface area contributed by atoms with Gasteiger partial charge in [0.1, 0.15) is 0 Å². The predicted octanol–water partition coefficient (Wildman–Crippen LogP) is 3.07. The third-order valence-electron chi connectivity index (χ3n) is 4.04. The van der Waals surface area contributed by atoms with Crippen LogP contribution < -0.4 is 0 Å². The minimum absolute atomic E-state index is 0.133.